The fraction of sp³-hybridized carbons (Fsp3) is 0.692. The topological polar surface area (TPSA) is 71.2 Å². The molecule has 0 radical (unpaired) electrons. The van der Waals surface area contributed by atoms with Gasteiger partial charge in [-0.3, -0.25) is 4.79 Å². The van der Waals surface area contributed by atoms with E-state index in [0.29, 0.717) is 16.7 Å². The zero-order chi connectivity index (χ0) is 14.7. The lowest BCUT2D eigenvalue weighted by Crippen LogP contribution is -2.35. The Kier molecular flexibility index (Phi) is 5.15. The van der Waals surface area contributed by atoms with Crippen molar-refractivity contribution < 1.29 is 4.79 Å². The first-order valence-corrected chi connectivity index (χ1v) is 9.03. The summed E-state index contributed by atoms with van der Waals surface area (Å²) in [5.74, 6) is 1.36. The van der Waals surface area contributed by atoms with Crippen molar-refractivity contribution in [2.75, 3.05) is 30.1 Å². The molecule has 2 rings (SSSR count). The van der Waals surface area contributed by atoms with Gasteiger partial charge in [0.1, 0.15) is 10.7 Å². The maximum atomic E-state index is 12.5. The Morgan fingerprint density at radius 2 is 2.35 bits per heavy atom. The number of nitrogens with one attached hydrogen (secondary N) is 1. The first-order valence-electron chi connectivity index (χ1n) is 6.81. The molecule has 7 heteroatoms. The summed E-state index contributed by atoms with van der Waals surface area (Å²) in [6.45, 7) is 2.06. The van der Waals surface area contributed by atoms with Crippen LogP contribution < -0.4 is 11.1 Å². The molecule has 1 aliphatic rings. The van der Waals surface area contributed by atoms with Crippen molar-refractivity contribution >= 4 is 40.0 Å². The predicted molar refractivity (Wildman–Crippen MR) is 87.7 cm³/mol. The Morgan fingerprint density at radius 1 is 1.65 bits per heavy atom. The van der Waals surface area contributed by atoms with Gasteiger partial charge in [0, 0.05) is 19.1 Å². The molecule has 1 saturated carbocycles. The Balaban J connectivity index is 2.01. The molecular formula is C13H22N4OS2. The zero-order valence-electron chi connectivity index (χ0n) is 12.2. The van der Waals surface area contributed by atoms with Crippen molar-refractivity contribution in [3.63, 3.8) is 0 Å². The highest BCUT2D eigenvalue weighted by Gasteiger charge is 2.26. The molecule has 1 atom stereocenters. The van der Waals surface area contributed by atoms with Crippen LogP contribution in [-0.4, -0.2) is 46.9 Å². The standard InChI is InChI=1S/C13H22N4OS2/c1-8(6-7-19-3)17(2)12(18)10-11(14)16-13(20-10)15-9-4-5-9/h8-9H,4-7,14H2,1-3H3,(H,15,16). The number of amides is 1. The van der Waals surface area contributed by atoms with E-state index in [9.17, 15) is 4.79 Å². The molecule has 0 aromatic carbocycles. The maximum absolute atomic E-state index is 12.5. The number of hydrogen-bond acceptors (Lipinski definition) is 6. The fourth-order valence-corrected chi connectivity index (χ4v) is 3.31. The van der Waals surface area contributed by atoms with E-state index in [4.69, 9.17) is 5.73 Å². The summed E-state index contributed by atoms with van der Waals surface area (Å²) < 4.78 is 0. The van der Waals surface area contributed by atoms with Crippen molar-refractivity contribution in [1.82, 2.24) is 9.88 Å². The Labute approximate surface area is 128 Å². The van der Waals surface area contributed by atoms with Gasteiger partial charge in [0.15, 0.2) is 5.13 Å². The lowest BCUT2D eigenvalue weighted by atomic mass is 10.2. The molecule has 1 heterocycles. The highest BCUT2D eigenvalue weighted by molar-refractivity contribution is 7.98. The van der Waals surface area contributed by atoms with Gasteiger partial charge in [0.2, 0.25) is 0 Å². The summed E-state index contributed by atoms with van der Waals surface area (Å²) in [5.41, 5.74) is 5.88. The van der Waals surface area contributed by atoms with Gasteiger partial charge in [-0.25, -0.2) is 4.98 Å². The van der Waals surface area contributed by atoms with E-state index < -0.39 is 0 Å². The highest BCUT2D eigenvalue weighted by atomic mass is 32.2. The zero-order valence-corrected chi connectivity index (χ0v) is 13.8. The molecule has 0 spiro atoms. The highest BCUT2D eigenvalue weighted by Crippen LogP contribution is 2.31. The molecule has 1 amide bonds. The lowest BCUT2D eigenvalue weighted by molar-refractivity contribution is 0.0747. The number of carbonyl (C=O) groups excluding carboxylic acids is 1. The molecule has 1 aromatic rings. The largest absolute Gasteiger partial charge is 0.382 e. The van der Waals surface area contributed by atoms with Crippen molar-refractivity contribution in [1.29, 1.82) is 0 Å². The third kappa shape index (κ3) is 3.79. The second-order valence-electron chi connectivity index (χ2n) is 5.20. The van der Waals surface area contributed by atoms with Crippen LogP contribution in [0.3, 0.4) is 0 Å². The monoisotopic (exact) mass is 314 g/mol. The molecule has 1 fully saturated rings. The first-order chi connectivity index (χ1) is 9.52. The molecule has 1 aromatic heterocycles. The lowest BCUT2D eigenvalue weighted by Gasteiger charge is -2.24. The smallest absolute Gasteiger partial charge is 0.267 e. The van der Waals surface area contributed by atoms with Gasteiger partial charge in [-0.1, -0.05) is 11.3 Å². The van der Waals surface area contributed by atoms with Gasteiger partial charge in [-0.05, 0) is 38.2 Å². The van der Waals surface area contributed by atoms with Crippen molar-refractivity contribution in [2.45, 2.75) is 38.3 Å². The molecule has 1 unspecified atom stereocenters. The van der Waals surface area contributed by atoms with Crippen LogP contribution in [0.5, 0.6) is 0 Å². The van der Waals surface area contributed by atoms with Gasteiger partial charge in [0.25, 0.3) is 5.91 Å². The normalized spacial score (nSPS) is 15.9. The fourth-order valence-electron chi connectivity index (χ4n) is 1.79. The van der Waals surface area contributed by atoms with E-state index in [1.807, 2.05) is 7.05 Å². The van der Waals surface area contributed by atoms with Crippen LogP contribution in [0.15, 0.2) is 0 Å². The molecule has 0 aliphatic heterocycles. The van der Waals surface area contributed by atoms with Crippen molar-refractivity contribution in [2.24, 2.45) is 0 Å². The third-order valence-electron chi connectivity index (χ3n) is 3.47. The van der Waals surface area contributed by atoms with Crippen LogP contribution >= 0.6 is 23.1 Å². The van der Waals surface area contributed by atoms with E-state index in [1.54, 1.807) is 16.7 Å². The molecule has 5 nitrogen and oxygen atoms in total. The van der Waals surface area contributed by atoms with E-state index in [2.05, 4.69) is 23.5 Å². The van der Waals surface area contributed by atoms with Gasteiger partial charge in [0.05, 0.1) is 0 Å². The molecule has 112 valence electrons. The quantitative estimate of drug-likeness (QED) is 0.809. The number of nitrogen functional groups attached to an aromatic ring is 1. The van der Waals surface area contributed by atoms with Gasteiger partial charge < -0.3 is 16.0 Å². The van der Waals surface area contributed by atoms with E-state index in [1.165, 1.54) is 24.2 Å². The van der Waals surface area contributed by atoms with Crippen LogP contribution in [0.25, 0.3) is 0 Å². The molecule has 3 N–H and O–H groups in total. The Hall–Kier alpha value is -0.950. The second kappa shape index (κ2) is 6.67. The van der Waals surface area contributed by atoms with Crippen LogP contribution in [0.4, 0.5) is 10.9 Å². The minimum absolute atomic E-state index is 0.0301. The molecule has 1 aliphatic carbocycles. The molecular weight excluding hydrogens is 292 g/mol. The number of thioether (sulfide) groups is 1. The molecule has 0 bridgehead atoms. The second-order valence-corrected chi connectivity index (χ2v) is 7.18. The van der Waals surface area contributed by atoms with Crippen LogP contribution in [0, 0.1) is 0 Å². The first kappa shape index (κ1) is 15.4. The number of anilines is 2. The summed E-state index contributed by atoms with van der Waals surface area (Å²) >= 11 is 3.16. The van der Waals surface area contributed by atoms with E-state index >= 15 is 0 Å². The summed E-state index contributed by atoms with van der Waals surface area (Å²) in [7, 11) is 1.83. The molecule has 0 saturated heterocycles. The third-order valence-corrected chi connectivity index (χ3v) is 5.11. The number of rotatable bonds is 7. The summed E-state index contributed by atoms with van der Waals surface area (Å²) in [5, 5.41) is 4.05. The van der Waals surface area contributed by atoms with Crippen molar-refractivity contribution in [3.8, 4) is 0 Å². The summed E-state index contributed by atoms with van der Waals surface area (Å²) in [4.78, 5) is 19.0. The molecule has 20 heavy (non-hydrogen) atoms. The van der Waals surface area contributed by atoms with E-state index in [0.717, 1.165) is 17.3 Å². The number of thiazole rings is 1. The Morgan fingerprint density at radius 3 is 2.95 bits per heavy atom. The minimum Gasteiger partial charge on any atom is -0.382 e. The van der Waals surface area contributed by atoms with Gasteiger partial charge >= 0.3 is 0 Å². The predicted octanol–water partition coefficient (Wildman–Crippen LogP) is 2.51. The number of aromatic nitrogens is 1. The Bertz CT molecular complexity index is 473. The number of nitrogens with two attached hydrogens (primary N) is 1. The SMILES string of the molecule is CSCCC(C)N(C)C(=O)c1sc(NC2CC2)nc1N. The number of hydrogen-bond donors (Lipinski definition) is 2. The van der Waals surface area contributed by atoms with Crippen LogP contribution in [-0.2, 0) is 0 Å². The average Bonchev–Trinajstić information content (AvgIpc) is 3.16. The van der Waals surface area contributed by atoms with Gasteiger partial charge in [-0.2, -0.15) is 11.8 Å². The minimum atomic E-state index is -0.0301. The van der Waals surface area contributed by atoms with Gasteiger partial charge in [-0.15, -0.1) is 0 Å². The van der Waals surface area contributed by atoms with Crippen molar-refractivity contribution in [3.05, 3.63) is 4.88 Å². The average molecular weight is 314 g/mol. The van der Waals surface area contributed by atoms with E-state index in [-0.39, 0.29) is 11.9 Å². The maximum Gasteiger partial charge on any atom is 0.267 e. The summed E-state index contributed by atoms with van der Waals surface area (Å²) in [6, 6.07) is 0.720. The number of carbonyl (C=O) groups is 1. The van der Waals surface area contributed by atoms with Crippen LogP contribution in [0.1, 0.15) is 35.9 Å². The summed E-state index contributed by atoms with van der Waals surface area (Å²) in [6.07, 6.45) is 5.41. The number of nitrogens with zero attached hydrogens (tertiary/aromatic N) is 2. The van der Waals surface area contributed by atoms with Crippen LogP contribution in [0.2, 0.25) is 0 Å².